The summed E-state index contributed by atoms with van der Waals surface area (Å²) in [6.45, 7) is 4.58. The highest BCUT2D eigenvalue weighted by Crippen LogP contribution is 2.08. The van der Waals surface area contributed by atoms with E-state index in [0.717, 1.165) is 31.5 Å². The van der Waals surface area contributed by atoms with Crippen molar-refractivity contribution in [1.29, 1.82) is 0 Å². The minimum atomic E-state index is 0.0559. The smallest absolute Gasteiger partial charge is 0.222 e. The second-order valence-corrected chi connectivity index (χ2v) is 4.89. The van der Waals surface area contributed by atoms with Gasteiger partial charge in [-0.2, -0.15) is 0 Å². The molecule has 0 aliphatic heterocycles. The van der Waals surface area contributed by atoms with Gasteiger partial charge in [-0.1, -0.05) is 13.3 Å². The molecule has 0 saturated carbocycles. The number of hydrogen-bond donors (Lipinski definition) is 3. The lowest BCUT2D eigenvalue weighted by atomic mass is 10.0. The molecule has 1 aromatic rings. The van der Waals surface area contributed by atoms with Crippen LogP contribution >= 0.6 is 0 Å². The molecule has 5 heteroatoms. The summed E-state index contributed by atoms with van der Waals surface area (Å²) in [6.07, 6.45) is 7.12. The first kappa shape index (κ1) is 14.7. The molecule has 0 bridgehead atoms. The summed E-state index contributed by atoms with van der Waals surface area (Å²) < 4.78 is 0. The number of amides is 1. The zero-order chi connectivity index (χ0) is 13.4. The third kappa shape index (κ3) is 5.82. The van der Waals surface area contributed by atoms with E-state index in [1.165, 1.54) is 0 Å². The lowest BCUT2D eigenvalue weighted by molar-refractivity contribution is -0.124. The largest absolute Gasteiger partial charge is 0.355 e. The van der Waals surface area contributed by atoms with Gasteiger partial charge in [0.1, 0.15) is 5.82 Å². The van der Waals surface area contributed by atoms with Crippen molar-refractivity contribution in [3.05, 3.63) is 18.2 Å². The number of imidazole rings is 1. The van der Waals surface area contributed by atoms with E-state index < -0.39 is 0 Å². The standard InChI is InChI=1S/C13H24N4O/c1-10(4-3-5-11(2)14)13(18)17-7-6-12-15-8-9-16-12/h8-11H,3-7,14H2,1-2H3,(H,15,16)(H,17,18). The molecule has 4 N–H and O–H groups in total. The van der Waals surface area contributed by atoms with Gasteiger partial charge in [-0.05, 0) is 19.8 Å². The van der Waals surface area contributed by atoms with E-state index in [2.05, 4.69) is 15.3 Å². The molecule has 102 valence electrons. The predicted molar refractivity (Wildman–Crippen MR) is 72.0 cm³/mol. The van der Waals surface area contributed by atoms with Crippen molar-refractivity contribution < 1.29 is 4.79 Å². The first-order valence-electron chi connectivity index (χ1n) is 6.61. The molecule has 0 fully saturated rings. The van der Waals surface area contributed by atoms with Crippen LogP contribution in [0.3, 0.4) is 0 Å². The maximum atomic E-state index is 11.8. The summed E-state index contributed by atoms with van der Waals surface area (Å²) in [6, 6.07) is 0.221. The van der Waals surface area contributed by atoms with Crippen molar-refractivity contribution in [2.45, 2.75) is 45.6 Å². The highest BCUT2D eigenvalue weighted by Gasteiger charge is 2.12. The maximum Gasteiger partial charge on any atom is 0.222 e. The van der Waals surface area contributed by atoms with Crippen LogP contribution in [-0.4, -0.2) is 28.5 Å². The van der Waals surface area contributed by atoms with Gasteiger partial charge in [-0.25, -0.2) is 4.98 Å². The van der Waals surface area contributed by atoms with Crippen molar-refractivity contribution in [3.8, 4) is 0 Å². The molecule has 0 saturated heterocycles. The molecular formula is C13H24N4O. The van der Waals surface area contributed by atoms with Crippen LogP contribution in [0, 0.1) is 5.92 Å². The molecule has 2 unspecified atom stereocenters. The molecule has 1 heterocycles. The number of nitrogens with one attached hydrogen (secondary N) is 2. The van der Waals surface area contributed by atoms with Crippen LogP contribution in [0.25, 0.3) is 0 Å². The van der Waals surface area contributed by atoms with Crippen LogP contribution in [0.5, 0.6) is 0 Å². The lowest BCUT2D eigenvalue weighted by Crippen LogP contribution is -2.31. The minimum absolute atomic E-state index is 0.0559. The number of hydrogen-bond acceptors (Lipinski definition) is 3. The Hall–Kier alpha value is -1.36. The molecule has 1 aromatic heterocycles. The molecule has 0 aliphatic rings. The van der Waals surface area contributed by atoms with Gasteiger partial charge in [0.05, 0.1) is 0 Å². The number of nitrogens with zero attached hydrogens (tertiary/aromatic N) is 1. The summed E-state index contributed by atoms with van der Waals surface area (Å²) in [5, 5.41) is 2.93. The number of carbonyl (C=O) groups is 1. The topological polar surface area (TPSA) is 83.8 Å². The van der Waals surface area contributed by atoms with E-state index >= 15 is 0 Å². The summed E-state index contributed by atoms with van der Waals surface area (Å²) in [5.74, 6) is 1.08. The zero-order valence-corrected chi connectivity index (χ0v) is 11.3. The molecule has 2 atom stereocenters. The number of carbonyl (C=O) groups excluding carboxylic acids is 1. The minimum Gasteiger partial charge on any atom is -0.355 e. The van der Waals surface area contributed by atoms with Gasteiger partial charge < -0.3 is 16.0 Å². The van der Waals surface area contributed by atoms with Crippen molar-refractivity contribution in [2.24, 2.45) is 11.7 Å². The number of aromatic amines is 1. The summed E-state index contributed by atoms with van der Waals surface area (Å²) >= 11 is 0. The monoisotopic (exact) mass is 252 g/mol. The lowest BCUT2D eigenvalue weighted by Gasteiger charge is -2.12. The van der Waals surface area contributed by atoms with E-state index in [1.807, 2.05) is 13.8 Å². The van der Waals surface area contributed by atoms with Crippen LogP contribution in [0.15, 0.2) is 12.4 Å². The molecule has 0 aromatic carbocycles. The highest BCUT2D eigenvalue weighted by molar-refractivity contribution is 5.78. The Kier molecular flexibility index (Phi) is 6.43. The Bertz CT molecular complexity index is 335. The fourth-order valence-electron chi connectivity index (χ4n) is 1.79. The molecule has 0 radical (unpaired) electrons. The van der Waals surface area contributed by atoms with Crippen LogP contribution < -0.4 is 11.1 Å². The van der Waals surface area contributed by atoms with Crippen LogP contribution in [0.1, 0.15) is 38.9 Å². The van der Waals surface area contributed by atoms with E-state index in [9.17, 15) is 4.79 Å². The number of aromatic nitrogens is 2. The number of nitrogens with two attached hydrogens (primary N) is 1. The summed E-state index contributed by atoms with van der Waals surface area (Å²) in [4.78, 5) is 18.9. The molecule has 5 nitrogen and oxygen atoms in total. The Morgan fingerprint density at radius 2 is 2.28 bits per heavy atom. The van der Waals surface area contributed by atoms with Crippen molar-refractivity contribution in [2.75, 3.05) is 6.54 Å². The molecule has 1 rings (SSSR count). The number of H-pyrrole nitrogens is 1. The second kappa shape index (κ2) is 7.87. The average molecular weight is 252 g/mol. The van der Waals surface area contributed by atoms with Gasteiger partial charge in [0, 0.05) is 37.3 Å². The highest BCUT2D eigenvalue weighted by atomic mass is 16.1. The summed E-state index contributed by atoms with van der Waals surface area (Å²) in [7, 11) is 0. The maximum absolute atomic E-state index is 11.8. The molecule has 18 heavy (non-hydrogen) atoms. The third-order valence-corrected chi connectivity index (χ3v) is 2.96. The quantitative estimate of drug-likeness (QED) is 0.650. The fraction of sp³-hybridized carbons (Fsp3) is 0.692. The third-order valence-electron chi connectivity index (χ3n) is 2.96. The van der Waals surface area contributed by atoms with E-state index in [1.54, 1.807) is 12.4 Å². The number of rotatable bonds is 8. The van der Waals surface area contributed by atoms with Gasteiger partial charge >= 0.3 is 0 Å². The van der Waals surface area contributed by atoms with E-state index in [-0.39, 0.29) is 17.9 Å². The van der Waals surface area contributed by atoms with Crippen LogP contribution in [0.4, 0.5) is 0 Å². The molecular weight excluding hydrogens is 228 g/mol. The fourth-order valence-corrected chi connectivity index (χ4v) is 1.79. The van der Waals surface area contributed by atoms with Gasteiger partial charge in [0.25, 0.3) is 0 Å². The van der Waals surface area contributed by atoms with Gasteiger partial charge in [0.2, 0.25) is 5.91 Å². The Balaban J connectivity index is 2.11. The summed E-state index contributed by atoms with van der Waals surface area (Å²) in [5.41, 5.74) is 5.68. The molecule has 1 amide bonds. The van der Waals surface area contributed by atoms with Crippen molar-refractivity contribution >= 4 is 5.91 Å². The Labute approximate surface area is 109 Å². The Morgan fingerprint density at radius 1 is 1.50 bits per heavy atom. The normalized spacial score (nSPS) is 14.2. The Morgan fingerprint density at radius 3 is 2.89 bits per heavy atom. The van der Waals surface area contributed by atoms with E-state index in [4.69, 9.17) is 5.73 Å². The average Bonchev–Trinajstić information content (AvgIpc) is 2.81. The first-order chi connectivity index (χ1) is 8.59. The van der Waals surface area contributed by atoms with Crippen LogP contribution in [0.2, 0.25) is 0 Å². The van der Waals surface area contributed by atoms with Crippen molar-refractivity contribution in [3.63, 3.8) is 0 Å². The van der Waals surface area contributed by atoms with Crippen molar-refractivity contribution in [1.82, 2.24) is 15.3 Å². The van der Waals surface area contributed by atoms with Gasteiger partial charge in [-0.3, -0.25) is 4.79 Å². The predicted octanol–water partition coefficient (Wildman–Crippen LogP) is 1.22. The van der Waals surface area contributed by atoms with Gasteiger partial charge in [-0.15, -0.1) is 0 Å². The SMILES string of the molecule is CC(N)CCCC(C)C(=O)NCCc1ncc[nH]1. The second-order valence-electron chi connectivity index (χ2n) is 4.89. The van der Waals surface area contributed by atoms with E-state index in [0.29, 0.717) is 6.54 Å². The van der Waals surface area contributed by atoms with Gasteiger partial charge in [0.15, 0.2) is 0 Å². The van der Waals surface area contributed by atoms with Crippen LogP contribution in [-0.2, 0) is 11.2 Å². The molecule has 0 aliphatic carbocycles. The molecule has 0 spiro atoms. The zero-order valence-electron chi connectivity index (χ0n) is 11.3. The first-order valence-corrected chi connectivity index (χ1v) is 6.61.